The van der Waals surface area contributed by atoms with Gasteiger partial charge in [0.25, 0.3) is 0 Å². The van der Waals surface area contributed by atoms with Crippen molar-refractivity contribution in [1.29, 1.82) is 5.41 Å². The van der Waals surface area contributed by atoms with E-state index in [9.17, 15) is 19.2 Å². The van der Waals surface area contributed by atoms with Crippen molar-refractivity contribution in [3.63, 3.8) is 0 Å². The minimum absolute atomic E-state index is 0.0140. The van der Waals surface area contributed by atoms with Crippen LogP contribution in [0.5, 0.6) is 0 Å². The molecule has 2 saturated heterocycles. The van der Waals surface area contributed by atoms with Crippen LogP contribution in [0.3, 0.4) is 0 Å². The number of amides is 3. The molecule has 3 amide bonds. The van der Waals surface area contributed by atoms with Gasteiger partial charge in [0.05, 0.1) is 12.6 Å². The average Bonchev–Trinajstić information content (AvgIpc) is 3.60. The van der Waals surface area contributed by atoms with E-state index in [1.807, 2.05) is 36.4 Å². The number of guanidine groups is 1. The van der Waals surface area contributed by atoms with Gasteiger partial charge in [0.2, 0.25) is 23.5 Å². The van der Waals surface area contributed by atoms with Gasteiger partial charge < -0.3 is 25.8 Å². The van der Waals surface area contributed by atoms with Crippen LogP contribution in [0.2, 0.25) is 5.02 Å². The van der Waals surface area contributed by atoms with E-state index in [2.05, 4.69) is 10.3 Å². The zero-order valence-electron chi connectivity index (χ0n) is 26.1. The number of piperidine rings is 1. The molecule has 2 aliphatic heterocycles. The Bertz CT molecular complexity index is 1570. The Hall–Kier alpha value is -4.29. The third-order valence-corrected chi connectivity index (χ3v) is 9.73. The standard InChI is InChI=1S/C34H40ClN7O4S/c35-26-12-4-9-24(17-26)19-28-33(46)40(14-5-10-23-7-2-1-3-8-23)22-30(44)42(28)21-29(43)39-27(31(45)32-38-13-16-47-32)18-25-11-6-15-41(20-25)34(36)37/h1-4,7-9,12-13,16-17,25,27-28H,5-6,10-11,14-15,18-22H2,(H3,36,37)(H,39,43)/t25-,27-,28+/m0/s1. The maximum Gasteiger partial charge on any atom is 0.246 e. The molecule has 11 nitrogen and oxygen atoms in total. The van der Waals surface area contributed by atoms with Gasteiger partial charge in [0.1, 0.15) is 12.6 Å². The number of carbonyl (C=O) groups is 4. The first-order valence-electron chi connectivity index (χ1n) is 15.9. The van der Waals surface area contributed by atoms with Gasteiger partial charge >= 0.3 is 0 Å². The van der Waals surface area contributed by atoms with Gasteiger partial charge in [-0.15, -0.1) is 11.3 Å². The lowest BCUT2D eigenvalue weighted by atomic mass is 9.90. The van der Waals surface area contributed by atoms with Crippen molar-refractivity contribution in [1.82, 2.24) is 25.0 Å². The molecule has 3 heterocycles. The van der Waals surface area contributed by atoms with Crippen molar-refractivity contribution in [2.45, 2.75) is 50.6 Å². The van der Waals surface area contributed by atoms with E-state index < -0.39 is 18.0 Å². The molecule has 4 N–H and O–H groups in total. The molecule has 2 fully saturated rings. The van der Waals surface area contributed by atoms with Crippen molar-refractivity contribution in [3.05, 3.63) is 87.3 Å². The molecule has 47 heavy (non-hydrogen) atoms. The molecule has 2 aromatic carbocycles. The summed E-state index contributed by atoms with van der Waals surface area (Å²) in [6.07, 6.45) is 5.16. The number of nitrogens with two attached hydrogens (primary N) is 1. The number of benzene rings is 2. The number of rotatable bonds is 13. The molecular formula is C34H40ClN7O4S. The van der Waals surface area contributed by atoms with E-state index in [-0.39, 0.29) is 54.0 Å². The fourth-order valence-corrected chi connectivity index (χ4v) is 7.21. The largest absolute Gasteiger partial charge is 0.370 e. The predicted molar refractivity (Wildman–Crippen MR) is 181 cm³/mol. The van der Waals surface area contributed by atoms with Crippen LogP contribution in [-0.2, 0) is 27.2 Å². The van der Waals surface area contributed by atoms with Gasteiger partial charge in [-0.3, -0.25) is 24.6 Å². The van der Waals surface area contributed by atoms with Crippen LogP contribution >= 0.6 is 22.9 Å². The number of Topliss-reactive ketones (excluding diaryl/α,β-unsaturated/α-hetero) is 1. The van der Waals surface area contributed by atoms with Crippen molar-refractivity contribution in [3.8, 4) is 0 Å². The molecule has 1 aromatic heterocycles. The quantitative estimate of drug-likeness (QED) is 0.142. The number of hydrogen-bond acceptors (Lipinski definition) is 7. The summed E-state index contributed by atoms with van der Waals surface area (Å²) < 4.78 is 0. The number of nitrogens with one attached hydrogen (secondary N) is 2. The second-order valence-electron chi connectivity index (χ2n) is 12.1. The zero-order valence-corrected chi connectivity index (χ0v) is 27.7. The lowest BCUT2D eigenvalue weighted by Crippen LogP contribution is -2.62. The fourth-order valence-electron chi connectivity index (χ4n) is 6.37. The van der Waals surface area contributed by atoms with E-state index in [0.29, 0.717) is 37.5 Å². The summed E-state index contributed by atoms with van der Waals surface area (Å²) in [5, 5.41) is 13.2. The Balaban J connectivity index is 1.30. The molecule has 0 spiro atoms. The maximum atomic E-state index is 13.9. The van der Waals surface area contributed by atoms with Crippen LogP contribution in [0.1, 0.15) is 46.6 Å². The van der Waals surface area contributed by atoms with Gasteiger partial charge in [-0.1, -0.05) is 54.1 Å². The van der Waals surface area contributed by atoms with Crippen molar-refractivity contribution in [2.24, 2.45) is 11.7 Å². The molecule has 13 heteroatoms. The Labute approximate surface area is 283 Å². The van der Waals surface area contributed by atoms with Crippen molar-refractivity contribution in [2.75, 3.05) is 32.7 Å². The van der Waals surface area contributed by atoms with E-state index >= 15 is 0 Å². The minimum Gasteiger partial charge on any atom is -0.370 e. The molecule has 0 unspecified atom stereocenters. The third-order valence-electron chi connectivity index (χ3n) is 8.71. The molecular weight excluding hydrogens is 638 g/mol. The summed E-state index contributed by atoms with van der Waals surface area (Å²) in [5.41, 5.74) is 7.66. The molecule has 0 saturated carbocycles. The summed E-state index contributed by atoms with van der Waals surface area (Å²) in [6.45, 7) is 1.09. The Morgan fingerprint density at radius 2 is 1.91 bits per heavy atom. The Kier molecular flexibility index (Phi) is 11.6. The van der Waals surface area contributed by atoms with Crippen molar-refractivity contribution < 1.29 is 19.2 Å². The first-order chi connectivity index (χ1) is 22.7. The van der Waals surface area contributed by atoms with Crippen molar-refractivity contribution >= 4 is 52.4 Å². The summed E-state index contributed by atoms with van der Waals surface area (Å²) in [4.78, 5) is 63.5. The third kappa shape index (κ3) is 9.17. The zero-order chi connectivity index (χ0) is 33.3. The molecule has 5 rings (SSSR count). The topological polar surface area (TPSA) is 153 Å². The lowest BCUT2D eigenvalue weighted by Gasteiger charge is -2.40. The predicted octanol–water partition coefficient (Wildman–Crippen LogP) is 3.37. The fraction of sp³-hybridized carbons (Fsp3) is 0.412. The van der Waals surface area contributed by atoms with Crippen LogP contribution in [0.25, 0.3) is 0 Å². The van der Waals surface area contributed by atoms with E-state index in [4.69, 9.17) is 22.7 Å². The second kappa shape index (κ2) is 16.0. The monoisotopic (exact) mass is 677 g/mol. The molecule has 3 aromatic rings. The number of aromatic nitrogens is 1. The molecule has 248 valence electrons. The Morgan fingerprint density at radius 3 is 2.64 bits per heavy atom. The van der Waals surface area contributed by atoms with Gasteiger partial charge in [-0.2, -0.15) is 0 Å². The van der Waals surface area contributed by atoms with Gasteiger partial charge in [-0.25, -0.2) is 4.98 Å². The molecule has 0 aliphatic carbocycles. The van der Waals surface area contributed by atoms with Gasteiger partial charge in [0, 0.05) is 42.7 Å². The van der Waals surface area contributed by atoms with E-state index in [1.54, 1.807) is 39.6 Å². The average molecular weight is 678 g/mol. The SMILES string of the molecule is N=C(N)N1CCC[C@@H](C[C@H](NC(=O)CN2C(=O)CN(CCCc3ccccc3)C(=O)[C@H]2Cc2cccc(Cl)c2)C(=O)c2nccs2)C1. The minimum atomic E-state index is -0.909. The van der Waals surface area contributed by atoms with Crippen LogP contribution in [0.4, 0.5) is 0 Å². The number of ketones is 1. The normalized spacial score (nSPS) is 19.0. The Morgan fingerprint density at radius 1 is 1.13 bits per heavy atom. The highest BCUT2D eigenvalue weighted by Crippen LogP contribution is 2.24. The van der Waals surface area contributed by atoms with E-state index in [0.717, 1.165) is 30.4 Å². The summed E-state index contributed by atoms with van der Waals surface area (Å²) in [6, 6.07) is 15.3. The highest BCUT2D eigenvalue weighted by atomic mass is 35.5. The number of aryl methyl sites for hydroxylation is 1. The number of piperazine rings is 1. The summed E-state index contributed by atoms with van der Waals surface area (Å²) in [7, 11) is 0. The van der Waals surface area contributed by atoms with Crippen LogP contribution in [-0.4, -0.2) is 94.0 Å². The first-order valence-corrected chi connectivity index (χ1v) is 17.1. The summed E-state index contributed by atoms with van der Waals surface area (Å²) in [5.74, 6) is -1.41. The number of nitrogens with zero attached hydrogens (tertiary/aromatic N) is 4. The number of likely N-dealkylation sites (tertiary alicyclic amines) is 1. The highest BCUT2D eigenvalue weighted by Gasteiger charge is 2.40. The van der Waals surface area contributed by atoms with Crippen LogP contribution in [0, 0.1) is 11.3 Å². The number of hydrogen-bond donors (Lipinski definition) is 3. The smallest absolute Gasteiger partial charge is 0.246 e. The van der Waals surface area contributed by atoms with Crippen LogP contribution < -0.4 is 11.1 Å². The second-order valence-corrected chi connectivity index (χ2v) is 13.4. The number of carbonyl (C=O) groups excluding carboxylic acids is 4. The lowest BCUT2D eigenvalue weighted by molar-refractivity contribution is -0.157. The maximum absolute atomic E-state index is 13.9. The molecule has 2 aliphatic rings. The molecule has 0 radical (unpaired) electrons. The summed E-state index contributed by atoms with van der Waals surface area (Å²) >= 11 is 7.44. The first kappa shape index (κ1) is 34.1. The van der Waals surface area contributed by atoms with E-state index in [1.165, 1.54) is 16.2 Å². The molecule has 3 atom stereocenters. The highest BCUT2D eigenvalue weighted by molar-refractivity contribution is 7.11. The molecule has 0 bridgehead atoms. The van der Waals surface area contributed by atoms with Gasteiger partial charge in [0.15, 0.2) is 11.0 Å². The number of thiazole rings is 1. The van der Waals surface area contributed by atoms with Crippen LogP contribution in [0.15, 0.2) is 66.2 Å². The van der Waals surface area contributed by atoms with Gasteiger partial charge in [-0.05, 0) is 61.3 Å². The number of halogens is 1.